The minimum Gasteiger partial charge on any atom is -0.385 e. The summed E-state index contributed by atoms with van der Waals surface area (Å²) in [5.41, 5.74) is 4.99. The Labute approximate surface area is 132 Å². The second-order valence-corrected chi connectivity index (χ2v) is 6.29. The van der Waals surface area contributed by atoms with Crippen LogP contribution >= 0.6 is 15.9 Å². The van der Waals surface area contributed by atoms with Gasteiger partial charge in [-0.15, -0.1) is 0 Å². The second kappa shape index (κ2) is 5.90. The van der Waals surface area contributed by atoms with E-state index in [9.17, 15) is 4.79 Å². The van der Waals surface area contributed by atoms with E-state index in [0.29, 0.717) is 5.56 Å². The van der Waals surface area contributed by atoms with E-state index in [4.69, 9.17) is 0 Å². The van der Waals surface area contributed by atoms with E-state index < -0.39 is 0 Å². The number of hydrogen-bond donors (Lipinski definition) is 2. The molecular formula is C17H17BrN2O. The van der Waals surface area contributed by atoms with Crippen molar-refractivity contribution in [3.8, 4) is 0 Å². The maximum absolute atomic E-state index is 12.4. The molecule has 1 aliphatic rings. The Morgan fingerprint density at radius 2 is 2.10 bits per heavy atom. The van der Waals surface area contributed by atoms with Crippen LogP contribution in [0.3, 0.4) is 0 Å². The molecule has 108 valence electrons. The number of carbonyl (C=O) groups is 1. The molecule has 0 spiro atoms. The summed E-state index contributed by atoms with van der Waals surface area (Å²) in [5, 5.41) is 6.31. The number of anilines is 2. The topological polar surface area (TPSA) is 41.1 Å². The van der Waals surface area contributed by atoms with Gasteiger partial charge in [-0.2, -0.15) is 0 Å². The summed E-state index contributed by atoms with van der Waals surface area (Å²) in [6.07, 6.45) is 2.14. The molecule has 1 aliphatic heterocycles. The first-order valence-corrected chi connectivity index (χ1v) is 7.86. The predicted molar refractivity (Wildman–Crippen MR) is 90.1 cm³/mol. The molecule has 2 N–H and O–H groups in total. The highest BCUT2D eigenvalue weighted by Crippen LogP contribution is 2.24. The maximum Gasteiger partial charge on any atom is 0.255 e. The number of aryl methyl sites for hydroxylation is 2. The van der Waals surface area contributed by atoms with E-state index in [-0.39, 0.29) is 5.91 Å². The Morgan fingerprint density at radius 1 is 1.24 bits per heavy atom. The summed E-state index contributed by atoms with van der Waals surface area (Å²) in [7, 11) is 0. The number of halogens is 1. The van der Waals surface area contributed by atoms with E-state index in [0.717, 1.165) is 40.8 Å². The van der Waals surface area contributed by atoms with Crippen molar-refractivity contribution in [2.45, 2.75) is 19.8 Å². The Balaban J connectivity index is 1.82. The standard InChI is InChI=1S/C17H17BrN2O/c1-11-7-14(18)10-15(8-11)20-17(21)13-4-5-16-12(9-13)3-2-6-19-16/h4-5,7-10,19H,2-3,6H2,1H3,(H,20,21). The fraction of sp³-hybridized carbons (Fsp3) is 0.235. The van der Waals surface area contributed by atoms with Gasteiger partial charge in [0.1, 0.15) is 0 Å². The van der Waals surface area contributed by atoms with Crippen molar-refractivity contribution in [2.75, 3.05) is 17.2 Å². The fourth-order valence-electron chi connectivity index (χ4n) is 2.63. The van der Waals surface area contributed by atoms with Gasteiger partial charge in [0.2, 0.25) is 0 Å². The lowest BCUT2D eigenvalue weighted by atomic mass is 10.0. The highest BCUT2D eigenvalue weighted by Gasteiger charge is 2.12. The zero-order valence-electron chi connectivity index (χ0n) is 11.9. The van der Waals surface area contributed by atoms with Gasteiger partial charge in [0.05, 0.1) is 0 Å². The third kappa shape index (κ3) is 3.27. The highest BCUT2D eigenvalue weighted by molar-refractivity contribution is 9.10. The first kappa shape index (κ1) is 14.1. The largest absolute Gasteiger partial charge is 0.385 e. The molecule has 21 heavy (non-hydrogen) atoms. The van der Waals surface area contributed by atoms with Crippen molar-refractivity contribution in [1.29, 1.82) is 0 Å². The third-order valence-corrected chi connectivity index (χ3v) is 4.06. The molecule has 3 nitrogen and oxygen atoms in total. The smallest absolute Gasteiger partial charge is 0.255 e. The van der Waals surface area contributed by atoms with E-state index in [1.165, 1.54) is 5.56 Å². The summed E-state index contributed by atoms with van der Waals surface area (Å²) in [6, 6.07) is 11.7. The quantitative estimate of drug-likeness (QED) is 0.849. The first-order chi connectivity index (χ1) is 10.1. The lowest BCUT2D eigenvalue weighted by Crippen LogP contribution is -2.15. The Bertz CT molecular complexity index is 677. The molecule has 0 atom stereocenters. The van der Waals surface area contributed by atoms with Gasteiger partial charge in [-0.1, -0.05) is 15.9 Å². The van der Waals surface area contributed by atoms with Crippen LogP contribution in [-0.2, 0) is 6.42 Å². The number of nitrogens with one attached hydrogen (secondary N) is 2. The highest BCUT2D eigenvalue weighted by atomic mass is 79.9. The van der Waals surface area contributed by atoms with Crippen LogP contribution in [-0.4, -0.2) is 12.5 Å². The fourth-order valence-corrected chi connectivity index (χ4v) is 3.24. The van der Waals surface area contributed by atoms with Gasteiger partial charge >= 0.3 is 0 Å². The Kier molecular flexibility index (Phi) is 3.97. The van der Waals surface area contributed by atoms with Crippen LogP contribution in [0.1, 0.15) is 27.9 Å². The van der Waals surface area contributed by atoms with E-state index in [1.54, 1.807) is 0 Å². The number of amides is 1. The van der Waals surface area contributed by atoms with Crippen LogP contribution in [0, 0.1) is 6.92 Å². The molecule has 0 aliphatic carbocycles. The minimum absolute atomic E-state index is 0.0686. The van der Waals surface area contributed by atoms with Crippen LogP contribution < -0.4 is 10.6 Å². The molecule has 2 aromatic rings. The van der Waals surface area contributed by atoms with Crippen LogP contribution in [0.15, 0.2) is 40.9 Å². The van der Waals surface area contributed by atoms with E-state index in [1.807, 2.05) is 43.3 Å². The Morgan fingerprint density at radius 3 is 2.90 bits per heavy atom. The van der Waals surface area contributed by atoms with Crippen molar-refractivity contribution in [2.24, 2.45) is 0 Å². The van der Waals surface area contributed by atoms with Gasteiger partial charge in [0, 0.05) is 28.0 Å². The molecule has 0 fully saturated rings. The first-order valence-electron chi connectivity index (χ1n) is 7.07. The summed E-state index contributed by atoms with van der Waals surface area (Å²) in [6.45, 7) is 3.01. The molecule has 0 unspecified atom stereocenters. The van der Waals surface area contributed by atoms with Crippen LogP contribution in [0.25, 0.3) is 0 Å². The zero-order valence-corrected chi connectivity index (χ0v) is 13.5. The van der Waals surface area contributed by atoms with Crippen LogP contribution in [0.5, 0.6) is 0 Å². The summed E-state index contributed by atoms with van der Waals surface area (Å²) in [5.74, 6) is -0.0686. The lowest BCUT2D eigenvalue weighted by Gasteiger charge is -2.18. The summed E-state index contributed by atoms with van der Waals surface area (Å²) < 4.78 is 0.965. The van der Waals surface area contributed by atoms with Gasteiger partial charge in [-0.05, 0) is 67.3 Å². The van der Waals surface area contributed by atoms with Gasteiger partial charge in [0.25, 0.3) is 5.91 Å². The van der Waals surface area contributed by atoms with Crippen molar-refractivity contribution in [1.82, 2.24) is 0 Å². The number of carbonyl (C=O) groups excluding carboxylic acids is 1. The SMILES string of the molecule is Cc1cc(Br)cc(NC(=O)c2ccc3c(c2)CCCN3)c1. The van der Waals surface area contributed by atoms with Gasteiger partial charge in [0.15, 0.2) is 0 Å². The molecular weight excluding hydrogens is 328 g/mol. The van der Waals surface area contributed by atoms with Crippen molar-refractivity contribution < 1.29 is 4.79 Å². The monoisotopic (exact) mass is 344 g/mol. The molecule has 0 radical (unpaired) electrons. The second-order valence-electron chi connectivity index (χ2n) is 5.37. The van der Waals surface area contributed by atoms with Gasteiger partial charge in [-0.3, -0.25) is 4.79 Å². The maximum atomic E-state index is 12.4. The van der Waals surface area contributed by atoms with Gasteiger partial charge < -0.3 is 10.6 Å². The third-order valence-electron chi connectivity index (χ3n) is 3.61. The summed E-state index contributed by atoms with van der Waals surface area (Å²) >= 11 is 3.45. The van der Waals surface area contributed by atoms with Crippen molar-refractivity contribution >= 4 is 33.2 Å². The van der Waals surface area contributed by atoms with Crippen molar-refractivity contribution in [3.05, 3.63) is 57.6 Å². The molecule has 3 rings (SSSR count). The molecule has 0 saturated heterocycles. The molecule has 1 amide bonds. The molecule has 0 saturated carbocycles. The van der Waals surface area contributed by atoms with Crippen molar-refractivity contribution in [3.63, 3.8) is 0 Å². The molecule has 4 heteroatoms. The van der Waals surface area contributed by atoms with E-state index >= 15 is 0 Å². The zero-order chi connectivity index (χ0) is 14.8. The number of rotatable bonds is 2. The van der Waals surface area contributed by atoms with Crippen LogP contribution in [0.4, 0.5) is 11.4 Å². The number of fused-ring (bicyclic) bond motifs is 1. The minimum atomic E-state index is -0.0686. The average Bonchev–Trinajstić information content (AvgIpc) is 2.45. The lowest BCUT2D eigenvalue weighted by molar-refractivity contribution is 0.102. The molecule has 2 aromatic carbocycles. The number of hydrogen-bond acceptors (Lipinski definition) is 2. The predicted octanol–water partition coefficient (Wildman–Crippen LogP) is 4.37. The number of benzene rings is 2. The molecule has 1 heterocycles. The average molecular weight is 345 g/mol. The van der Waals surface area contributed by atoms with Gasteiger partial charge in [-0.25, -0.2) is 0 Å². The normalized spacial score (nSPS) is 13.2. The summed E-state index contributed by atoms with van der Waals surface area (Å²) in [4.78, 5) is 12.4. The Hall–Kier alpha value is -1.81. The van der Waals surface area contributed by atoms with Crippen LogP contribution in [0.2, 0.25) is 0 Å². The van der Waals surface area contributed by atoms with E-state index in [2.05, 4.69) is 26.6 Å². The molecule has 0 aromatic heterocycles. The molecule has 0 bridgehead atoms.